The van der Waals surface area contributed by atoms with Crippen LogP contribution in [0, 0.1) is 16.7 Å². The highest BCUT2D eigenvalue weighted by molar-refractivity contribution is 5.96. The number of nitrogens with one attached hydrogen (secondary N) is 1. The van der Waals surface area contributed by atoms with Crippen LogP contribution in [-0.4, -0.2) is 38.7 Å². The predicted molar refractivity (Wildman–Crippen MR) is 123 cm³/mol. The molecule has 2 aliphatic rings. The van der Waals surface area contributed by atoms with Gasteiger partial charge < -0.3 is 15.8 Å². The van der Waals surface area contributed by atoms with Crippen LogP contribution in [0.15, 0.2) is 48.8 Å². The summed E-state index contributed by atoms with van der Waals surface area (Å²) in [5.74, 6) is -0.469. The standard InChI is InChI=1S/C25H24N6O3/c1-31-21(4-6-29-31)16-7-15(14-26)8-17(9-16)23(33)30-18-10-25(11-18)12-19(13-25)34-24-20(22(27)32)3-2-5-28-24/h2-9,18-19H,10-13H2,1H3,(H2,27,32)(H,30,33). The topological polar surface area (TPSA) is 136 Å². The van der Waals surface area contributed by atoms with E-state index in [0.717, 1.165) is 36.9 Å². The zero-order chi connectivity index (χ0) is 23.9. The maximum absolute atomic E-state index is 12.9. The number of pyridine rings is 1. The average Bonchev–Trinajstić information content (AvgIpc) is 3.21. The lowest BCUT2D eigenvalue weighted by Gasteiger charge is -2.57. The fourth-order valence-corrected chi connectivity index (χ4v) is 5.14. The smallest absolute Gasteiger partial charge is 0.254 e. The number of benzene rings is 1. The molecule has 2 fully saturated rings. The lowest BCUT2D eigenvalue weighted by Crippen LogP contribution is -2.58. The second-order valence-electron chi connectivity index (χ2n) is 9.20. The Bertz CT molecular complexity index is 1310. The third kappa shape index (κ3) is 3.99. The van der Waals surface area contributed by atoms with Crippen molar-refractivity contribution in [2.75, 3.05) is 0 Å². The molecule has 0 aliphatic heterocycles. The molecule has 0 bridgehead atoms. The van der Waals surface area contributed by atoms with Crippen molar-refractivity contribution in [1.82, 2.24) is 20.1 Å². The Morgan fingerprint density at radius 1 is 1.21 bits per heavy atom. The number of nitriles is 1. The minimum Gasteiger partial charge on any atom is -0.474 e. The van der Waals surface area contributed by atoms with Gasteiger partial charge in [-0.05, 0) is 67.5 Å². The summed E-state index contributed by atoms with van der Waals surface area (Å²) in [6.45, 7) is 0. The van der Waals surface area contributed by atoms with Gasteiger partial charge in [0.2, 0.25) is 5.88 Å². The van der Waals surface area contributed by atoms with Gasteiger partial charge in [0.15, 0.2) is 0 Å². The second kappa shape index (κ2) is 8.30. The van der Waals surface area contributed by atoms with Crippen LogP contribution in [0.2, 0.25) is 0 Å². The van der Waals surface area contributed by atoms with Crippen LogP contribution in [0.4, 0.5) is 0 Å². The highest BCUT2D eigenvalue weighted by Crippen LogP contribution is 2.56. The van der Waals surface area contributed by atoms with Gasteiger partial charge in [-0.3, -0.25) is 14.3 Å². The molecule has 0 unspecified atom stereocenters. The van der Waals surface area contributed by atoms with Crippen molar-refractivity contribution in [1.29, 1.82) is 5.26 Å². The first-order chi connectivity index (χ1) is 16.4. The van der Waals surface area contributed by atoms with Crippen molar-refractivity contribution in [2.45, 2.75) is 37.8 Å². The van der Waals surface area contributed by atoms with Gasteiger partial charge in [0, 0.05) is 36.6 Å². The number of ether oxygens (including phenoxy) is 1. The Balaban J connectivity index is 1.18. The van der Waals surface area contributed by atoms with Crippen molar-refractivity contribution in [3.63, 3.8) is 0 Å². The van der Waals surface area contributed by atoms with Crippen molar-refractivity contribution < 1.29 is 14.3 Å². The van der Waals surface area contributed by atoms with E-state index in [4.69, 9.17) is 10.5 Å². The second-order valence-corrected chi connectivity index (χ2v) is 9.20. The number of nitrogens with zero attached hydrogens (tertiary/aromatic N) is 4. The van der Waals surface area contributed by atoms with Gasteiger partial charge in [0.1, 0.15) is 11.7 Å². The van der Waals surface area contributed by atoms with Crippen molar-refractivity contribution in [3.8, 4) is 23.2 Å². The Labute approximate surface area is 196 Å². The zero-order valence-electron chi connectivity index (χ0n) is 18.7. The van der Waals surface area contributed by atoms with E-state index < -0.39 is 5.91 Å². The highest BCUT2D eigenvalue weighted by Gasteiger charge is 2.54. The molecule has 2 aliphatic carbocycles. The molecule has 1 aromatic carbocycles. The molecular formula is C25H24N6O3. The number of carbonyl (C=O) groups is 2. The predicted octanol–water partition coefficient (Wildman–Crippen LogP) is 2.57. The van der Waals surface area contributed by atoms with Crippen LogP contribution >= 0.6 is 0 Å². The van der Waals surface area contributed by atoms with E-state index in [9.17, 15) is 14.9 Å². The molecule has 2 aromatic heterocycles. The summed E-state index contributed by atoms with van der Waals surface area (Å²) in [7, 11) is 1.82. The fourth-order valence-electron chi connectivity index (χ4n) is 5.14. The molecule has 2 amide bonds. The summed E-state index contributed by atoms with van der Waals surface area (Å²) in [6.07, 6.45) is 6.68. The number of aromatic nitrogens is 3. The summed E-state index contributed by atoms with van der Waals surface area (Å²) in [5.41, 5.74) is 8.33. The first-order valence-electron chi connectivity index (χ1n) is 11.1. The average molecular weight is 457 g/mol. The van der Waals surface area contributed by atoms with Crippen LogP contribution < -0.4 is 15.8 Å². The summed E-state index contributed by atoms with van der Waals surface area (Å²) < 4.78 is 7.61. The van der Waals surface area contributed by atoms with Gasteiger partial charge in [-0.25, -0.2) is 4.98 Å². The molecule has 3 N–H and O–H groups in total. The minimum atomic E-state index is -0.560. The van der Waals surface area contributed by atoms with Crippen LogP contribution in [0.1, 0.15) is 52.0 Å². The Morgan fingerprint density at radius 2 is 2.00 bits per heavy atom. The molecule has 5 rings (SSSR count). The molecule has 34 heavy (non-hydrogen) atoms. The number of carbonyl (C=O) groups excluding carboxylic acids is 2. The highest BCUT2D eigenvalue weighted by atomic mass is 16.5. The van der Waals surface area contributed by atoms with Crippen LogP contribution in [0.5, 0.6) is 5.88 Å². The Hall–Kier alpha value is -4.19. The summed E-state index contributed by atoms with van der Waals surface area (Å²) in [5, 5.41) is 16.7. The minimum absolute atomic E-state index is 0.0154. The van der Waals surface area contributed by atoms with Crippen molar-refractivity contribution in [2.24, 2.45) is 18.2 Å². The molecule has 0 saturated heterocycles. The van der Waals surface area contributed by atoms with E-state index >= 15 is 0 Å². The van der Waals surface area contributed by atoms with Gasteiger partial charge in [0.05, 0.1) is 17.3 Å². The molecule has 2 heterocycles. The lowest BCUT2D eigenvalue weighted by atomic mass is 9.53. The van der Waals surface area contributed by atoms with Crippen LogP contribution in [0.25, 0.3) is 11.3 Å². The van der Waals surface area contributed by atoms with E-state index in [2.05, 4.69) is 21.5 Å². The molecule has 3 aromatic rings. The van der Waals surface area contributed by atoms with Crippen molar-refractivity contribution in [3.05, 3.63) is 65.5 Å². The third-order valence-corrected chi connectivity index (χ3v) is 6.77. The van der Waals surface area contributed by atoms with Gasteiger partial charge >= 0.3 is 0 Å². The number of aryl methyl sites for hydroxylation is 1. The third-order valence-electron chi connectivity index (χ3n) is 6.77. The van der Waals surface area contributed by atoms with E-state index in [-0.39, 0.29) is 34.9 Å². The van der Waals surface area contributed by atoms with Gasteiger partial charge in [-0.2, -0.15) is 10.4 Å². The number of amides is 2. The number of primary amides is 1. The summed E-state index contributed by atoms with van der Waals surface area (Å²) in [4.78, 5) is 28.6. The van der Waals surface area contributed by atoms with Gasteiger partial charge in [-0.1, -0.05) is 0 Å². The monoisotopic (exact) mass is 456 g/mol. The first-order valence-corrected chi connectivity index (χ1v) is 11.1. The summed E-state index contributed by atoms with van der Waals surface area (Å²) >= 11 is 0. The Morgan fingerprint density at radius 3 is 2.68 bits per heavy atom. The Kier molecular flexibility index (Phi) is 5.28. The normalized spacial score (nSPS) is 22.8. The molecule has 0 radical (unpaired) electrons. The van der Waals surface area contributed by atoms with E-state index in [1.807, 2.05) is 13.1 Å². The SMILES string of the molecule is Cn1nccc1-c1cc(C#N)cc(C(=O)NC2CC3(C2)CC(Oc2ncccc2C(N)=O)C3)c1. The number of rotatable bonds is 6. The molecule has 9 heteroatoms. The van der Waals surface area contributed by atoms with Gasteiger partial charge in [0.25, 0.3) is 11.8 Å². The van der Waals surface area contributed by atoms with E-state index in [1.54, 1.807) is 47.4 Å². The summed E-state index contributed by atoms with van der Waals surface area (Å²) in [6, 6.07) is 12.5. The quantitative estimate of drug-likeness (QED) is 0.585. The molecule has 0 atom stereocenters. The fraction of sp³-hybridized carbons (Fsp3) is 0.320. The molecule has 9 nitrogen and oxygen atoms in total. The van der Waals surface area contributed by atoms with E-state index in [0.29, 0.717) is 11.1 Å². The number of hydrogen-bond donors (Lipinski definition) is 2. The molecule has 2 saturated carbocycles. The van der Waals surface area contributed by atoms with E-state index in [1.165, 1.54) is 0 Å². The molecule has 1 spiro atoms. The van der Waals surface area contributed by atoms with Crippen LogP contribution in [-0.2, 0) is 7.05 Å². The van der Waals surface area contributed by atoms with Crippen LogP contribution in [0.3, 0.4) is 0 Å². The lowest BCUT2D eigenvalue weighted by molar-refractivity contribution is -0.0848. The number of hydrogen-bond acceptors (Lipinski definition) is 6. The van der Waals surface area contributed by atoms with Crippen molar-refractivity contribution >= 4 is 11.8 Å². The first kappa shape index (κ1) is 21.6. The van der Waals surface area contributed by atoms with Gasteiger partial charge in [-0.15, -0.1) is 0 Å². The molecular weight excluding hydrogens is 432 g/mol. The zero-order valence-corrected chi connectivity index (χ0v) is 18.7. The molecule has 172 valence electrons. The maximum atomic E-state index is 12.9. The number of nitrogens with two attached hydrogens (primary N) is 1. The largest absolute Gasteiger partial charge is 0.474 e. The maximum Gasteiger partial charge on any atom is 0.254 e.